The number of imide groups is 1. The molecule has 0 bridgehead atoms. The number of imidazole rings is 1. The van der Waals surface area contributed by atoms with Crippen molar-refractivity contribution < 1.29 is 37.9 Å². The van der Waals surface area contributed by atoms with Gasteiger partial charge in [-0.3, -0.25) is 38.4 Å². The molecule has 2 aromatic carbocycles. The summed E-state index contributed by atoms with van der Waals surface area (Å²) >= 11 is 0. The quantitative estimate of drug-likeness (QED) is 0.0580. The van der Waals surface area contributed by atoms with Crippen LogP contribution in [0.2, 0.25) is 0 Å². The van der Waals surface area contributed by atoms with Crippen LogP contribution in [0.1, 0.15) is 69.5 Å². The number of carbonyl (C=O) groups is 5. The summed E-state index contributed by atoms with van der Waals surface area (Å²) in [4.78, 5) is 85.0. The van der Waals surface area contributed by atoms with E-state index in [1.807, 2.05) is 12.1 Å². The second kappa shape index (κ2) is 19.1. The SMILES string of the molecule is NC(=O)c1nn(-c2ccc(C(=O)NCCOCCOCCn3c(=O)n(C4CCCC(=O)NC4=O)c4ccccc43)cc2)cc1NC(=O)c1coc(-c2ccnc(NCC3CC3)c2)n1. The number of nitrogens with one attached hydrogen (secondary N) is 4. The van der Waals surface area contributed by atoms with Crippen molar-refractivity contribution in [3.8, 4) is 17.1 Å². The van der Waals surface area contributed by atoms with Crippen molar-refractivity contribution in [2.45, 2.75) is 44.7 Å². The lowest BCUT2D eigenvalue weighted by atomic mass is 10.1. The fraction of sp³-hybridized carbons (Fsp3) is 0.326. The van der Waals surface area contributed by atoms with Crippen molar-refractivity contribution in [2.75, 3.05) is 50.2 Å². The zero-order valence-corrected chi connectivity index (χ0v) is 34.1. The van der Waals surface area contributed by atoms with Crippen molar-refractivity contribution >= 4 is 52.1 Å². The molecule has 4 aromatic heterocycles. The molecule has 1 saturated heterocycles. The van der Waals surface area contributed by atoms with Gasteiger partial charge in [-0.05, 0) is 80.1 Å². The van der Waals surface area contributed by atoms with Crippen LogP contribution in [-0.4, -0.2) is 97.9 Å². The molecule has 0 radical (unpaired) electrons. The Kier molecular flexibility index (Phi) is 12.8. The Bertz CT molecular complexity index is 2710. The van der Waals surface area contributed by atoms with E-state index >= 15 is 0 Å². The van der Waals surface area contributed by atoms with E-state index < -0.39 is 23.8 Å². The molecule has 5 amide bonds. The van der Waals surface area contributed by atoms with Gasteiger partial charge < -0.3 is 35.6 Å². The summed E-state index contributed by atoms with van der Waals surface area (Å²) in [6.45, 7) is 2.26. The number of oxazole rings is 1. The first-order valence-corrected chi connectivity index (χ1v) is 20.6. The number of aromatic nitrogens is 6. The van der Waals surface area contributed by atoms with Crippen LogP contribution in [0.4, 0.5) is 11.5 Å². The van der Waals surface area contributed by atoms with Crippen molar-refractivity contribution in [1.82, 2.24) is 39.5 Å². The minimum absolute atomic E-state index is 0.0248. The van der Waals surface area contributed by atoms with Crippen LogP contribution in [-0.2, 0) is 25.6 Å². The molecule has 1 aliphatic carbocycles. The third-order valence-corrected chi connectivity index (χ3v) is 10.6. The van der Waals surface area contributed by atoms with Crippen LogP contribution in [0.15, 0.2) is 88.5 Å². The van der Waals surface area contributed by atoms with Crippen LogP contribution in [0.3, 0.4) is 0 Å². The number of primary amides is 1. The van der Waals surface area contributed by atoms with Gasteiger partial charge in [-0.2, -0.15) is 5.10 Å². The summed E-state index contributed by atoms with van der Waals surface area (Å²) in [5.41, 5.74) is 7.86. The molecule has 63 heavy (non-hydrogen) atoms. The molecule has 1 atom stereocenters. The van der Waals surface area contributed by atoms with E-state index in [-0.39, 0.29) is 86.4 Å². The molecule has 326 valence electrons. The molecule has 8 rings (SSSR count). The van der Waals surface area contributed by atoms with Gasteiger partial charge in [-0.25, -0.2) is 19.4 Å². The maximum absolute atomic E-state index is 13.5. The summed E-state index contributed by atoms with van der Waals surface area (Å²) in [7, 11) is 0. The third kappa shape index (κ3) is 10.0. The molecule has 5 heterocycles. The Morgan fingerprint density at radius 3 is 2.48 bits per heavy atom. The minimum atomic E-state index is -0.863. The van der Waals surface area contributed by atoms with E-state index in [1.165, 1.54) is 34.6 Å². The largest absolute Gasteiger partial charge is 0.444 e. The third-order valence-electron chi connectivity index (χ3n) is 10.6. The number of hydrogen-bond acceptors (Lipinski definition) is 13. The molecule has 6 N–H and O–H groups in total. The summed E-state index contributed by atoms with van der Waals surface area (Å²) in [6, 6.07) is 16.4. The first kappa shape index (κ1) is 42.2. The first-order valence-electron chi connectivity index (χ1n) is 20.6. The molecule has 1 saturated carbocycles. The average Bonchev–Trinajstić information content (AvgIpc) is 3.74. The Labute approximate surface area is 359 Å². The van der Waals surface area contributed by atoms with Crippen LogP contribution in [0.25, 0.3) is 28.2 Å². The second-order valence-corrected chi connectivity index (χ2v) is 15.1. The molecule has 1 unspecified atom stereocenters. The Balaban J connectivity index is 0.775. The second-order valence-electron chi connectivity index (χ2n) is 15.1. The standard InChI is InChI=1S/C43H45N11O9/c44-38(56)37-30(48-40(58)31-25-63-42(49-31)28-14-15-45-35(22-28)47-23-26-8-9-26)24-53(51-37)29-12-10-27(11-13-29)39(57)46-16-18-61-20-21-62-19-17-52-32-4-1-2-5-33(32)54(43(52)60)34-6-3-7-36(55)50-41(34)59/h1-2,4-5,10-15,22,24-26,34H,3,6-9,16-21,23H2,(H2,44,56)(H,45,47)(H,46,57)(H,48,58)(H,50,55,59). The van der Waals surface area contributed by atoms with Crippen molar-refractivity contribution in [3.05, 3.63) is 107 Å². The number of ether oxygens (including phenoxy) is 2. The molecule has 1 aliphatic heterocycles. The van der Waals surface area contributed by atoms with Gasteiger partial charge in [0.25, 0.3) is 17.7 Å². The number of fused-ring (bicyclic) bond motifs is 1. The highest BCUT2D eigenvalue weighted by Gasteiger charge is 2.30. The maximum Gasteiger partial charge on any atom is 0.329 e. The Morgan fingerprint density at radius 1 is 0.921 bits per heavy atom. The van der Waals surface area contributed by atoms with E-state index in [2.05, 4.69) is 36.3 Å². The maximum atomic E-state index is 13.5. The zero-order valence-electron chi connectivity index (χ0n) is 34.1. The van der Waals surface area contributed by atoms with Crippen molar-refractivity contribution in [1.29, 1.82) is 0 Å². The summed E-state index contributed by atoms with van der Waals surface area (Å²) < 4.78 is 21.3. The number of carbonyl (C=O) groups excluding carboxylic acids is 5. The van der Waals surface area contributed by atoms with Gasteiger partial charge in [0.15, 0.2) is 11.4 Å². The van der Waals surface area contributed by atoms with E-state index in [0.717, 1.165) is 6.54 Å². The lowest BCUT2D eigenvalue weighted by molar-refractivity contribution is -0.131. The zero-order chi connectivity index (χ0) is 43.9. The number of hydrogen-bond donors (Lipinski definition) is 5. The molecular weight excluding hydrogens is 815 g/mol. The lowest BCUT2D eigenvalue weighted by Gasteiger charge is -2.14. The van der Waals surface area contributed by atoms with Gasteiger partial charge in [0.05, 0.1) is 61.6 Å². The van der Waals surface area contributed by atoms with Gasteiger partial charge in [0, 0.05) is 36.8 Å². The molecule has 2 aliphatic rings. The summed E-state index contributed by atoms with van der Waals surface area (Å²) in [5.74, 6) is -1.10. The minimum Gasteiger partial charge on any atom is -0.444 e. The molecule has 20 heteroatoms. The van der Waals surface area contributed by atoms with Crippen molar-refractivity contribution in [2.24, 2.45) is 11.7 Å². The monoisotopic (exact) mass is 859 g/mol. The highest BCUT2D eigenvalue weighted by molar-refractivity contribution is 6.07. The van der Waals surface area contributed by atoms with E-state index in [4.69, 9.17) is 19.6 Å². The average molecular weight is 860 g/mol. The van der Waals surface area contributed by atoms with E-state index in [9.17, 15) is 28.8 Å². The van der Waals surface area contributed by atoms with Crippen LogP contribution in [0.5, 0.6) is 0 Å². The predicted octanol–water partition coefficient (Wildman–Crippen LogP) is 3.04. The van der Waals surface area contributed by atoms with Gasteiger partial charge in [-0.1, -0.05) is 12.1 Å². The number of amides is 5. The summed E-state index contributed by atoms with van der Waals surface area (Å²) in [5, 5.41) is 15.4. The van der Waals surface area contributed by atoms with Crippen LogP contribution >= 0.6 is 0 Å². The van der Waals surface area contributed by atoms with Crippen LogP contribution < -0.4 is 32.7 Å². The summed E-state index contributed by atoms with van der Waals surface area (Å²) in [6.07, 6.45) is 7.79. The molecule has 0 spiro atoms. The highest BCUT2D eigenvalue weighted by Crippen LogP contribution is 2.29. The smallest absolute Gasteiger partial charge is 0.329 e. The van der Waals surface area contributed by atoms with Crippen LogP contribution in [0, 0.1) is 5.92 Å². The molecule has 2 fully saturated rings. The molecule has 6 aromatic rings. The Hall–Kier alpha value is -7.45. The number of nitrogens with two attached hydrogens (primary N) is 1. The van der Waals surface area contributed by atoms with E-state index in [1.54, 1.807) is 59.3 Å². The normalized spacial score (nSPS) is 15.2. The number of rotatable bonds is 19. The number of anilines is 2. The van der Waals surface area contributed by atoms with Gasteiger partial charge in [0.1, 0.15) is 18.1 Å². The Morgan fingerprint density at radius 2 is 1.70 bits per heavy atom. The number of nitrogens with zero attached hydrogens (tertiary/aromatic N) is 6. The number of para-hydroxylation sites is 2. The fourth-order valence-electron chi connectivity index (χ4n) is 7.16. The predicted molar refractivity (Wildman–Crippen MR) is 227 cm³/mol. The fourth-order valence-corrected chi connectivity index (χ4v) is 7.16. The highest BCUT2D eigenvalue weighted by atomic mass is 16.5. The molecule has 20 nitrogen and oxygen atoms in total. The molecular formula is C43H45N11O9. The number of pyridine rings is 1. The van der Waals surface area contributed by atoms with Gasteiger partial charge in [-0.15, -0.1) is 0 Å². The topological polar surface area (TPSA) is 262 Å². The van der Waals surface area contributed by atoms with Gasteiger partial charge in [0.2, 0.25) is 17.7 Å². The first-order chi connectivity index (χ1) is 30.6. The van der Waals surface area contributed by atoms with Crippen molar-refractivity contribution in [3.63, 3.8) is 0 Å². The van der Waals surface area contributed by atoms with Gasteiger partial charge >= 0.3 is 5.69 Å². The number of benzene rings is 2. The lowest BCUT2D eigenvalue weighted by Crippen LogP contribution is -2.38. The van der Waals surface area contributed by atoms with E-state index in [0.29, 0.717) is 52.4 Å².